The molecule has 4 rings (SSSR count). The lowest BCUT2D eigenvalue weighted by Crippen LogP contribution is -2.38. The summed E-state index contributed by atoms with van der Waals surface area (Å²) in [7, 11) is -3.80. The number of sulfonamides is 1. The van der Waals surface area contributed by atoms with Crippen LogP contribution in [0.4, 0.5) is 4.39 Å². The van der Waals surface area contributed by atoms with Gasteiger partial charge in [0.25, 0.3) is 5.56 Å². The largest absolute Gasteiger partial charge is 0.292 e. The van der Waals surface area contributed by atoms with Gasteiger partial charge < -0.3 is 0 Å². The molecule has 0 unspecified atom stereocenters. The van der Waals surface area contributed by atoms with Gasteiger partial charge in [0.15, 0.2) is 5.65 Å². The number of hydrogen-bond acceptors (Lipinski definition) is 4. The Balaban J connectivity index is 1.79. The second-order valence-corrected chi connectivity index (χ2v) is 9.00. The Hall–Kier alpha value is -2.52. The number of nitrogens with one attached hydrogen (secondary N) is 1. The van der Waals surface area contributed by atoms with Crippen LogP contribution < -0.4 is 5.56 Å². The fraction of sp³-hybridized carbons (Fsp3) is 0.368. The monoisotopic (exact) mass is 404 g/mol. The van der Waals surface area contributed by atoms with Crippen LogP contribution in [0, 0.1) is 19.7 Å². The second kappa shape index (κ2) is 6.82. The zero-order chi connectivity index (χ0) is 20.1. The Morgan fingerprint density at radius 2 is 1.89 bits per heavy atom. The van der Waals surface area contributed by atoms with E-state index in [1.54, 1.807) is 19.9 Å². The minimum Gasteiger partial charge on any atom is -0.292 e. The molecule has 1 aromatic carbocycles. The maximum Gasteiger partial charge on any atom is 0.275 e. The van der Waals surface area contributed by atoms with Crippen LogP contribution in [0.1, 0.15) is 42.3 Å². The van der Waals surface area contributed by atoms with E-state index < -0.39 is 21.9 Å². The van der Waals surface area contributed by atoms with Gasteiger partial charge in [0.1, 0.15) is 5.82 Å². The molecule has 0 spiro atoms. The van der Waals surface area contributed by atoms with Crippen LogP contribution >= 0.6 is 0 Å². The molecule has 0 aliphatic carbocycles. The molecule has 0 amide bonds. The molecule has 148 valence electrons. The number of hydrogen-bond donors (Lipinski definition) is 1. The second-order valence-electron chi connectivity index (χ2n) is 7.11. The first kappa shape index (κ1) is 18.8. The topological polar surface area (TPSA) is 87.5 Å². The van der Waals surface area contributed by atoms with E-state index >= 15 is 0 Å². The molecule has 7 nitrogen and oxygen atoms in total. The summed E-state index contributed by atoms with van der Waals surface area (Å²) in [6, 6.07) is 6.14. The van der Waals surface area contributed by atoms with Crippen molar-refractivity contribution in [3.05, 3.63) is 63.5 Å². The molecule has 28 heavy (non-hydrogen) atoms. The van der Waals surface area contributed by atoms with E-state index in [1.165, 1.54) is 21.0 Å². The van der Waals surface area contributed by atoms with Crippen molar-refractivity contribution < 1.29 is 12.8 Å². The highest BCUT2D eigenvalue weighted by Crippen LogP contribution is 2.35. The first-order valence-electron chi connectivity index (χ1n) is 9.15. The number of fused-ring (bicyclic) bond motifs is 1. The molecule has 1 N–H and O–H groups in total. The van der Waals surface area contributed by atoms with Crippen molar-refractivity contribution in [2.24, 2.45) is 0 Å². The summed E-state index contributed by atoms with van der Waals surface area (Å²) >= 11 is 0. The molecular weight excluding hydrogens is 383 g/mol. The minimum absolute atomic E-state index is 0.0545. The molecule has 0 bridgehead atoms. The standard InChI is InChI=1S/C19H21FN4O3S/c1-12-13(2)21-18-11-16(22-24(18)19(12)25)17-5-3-4-10-23(17)28(26,27)15-8-6-14(20)7-9-15/h6-9,11,17,22H,3-5,10H2,1-2H3/t17-/m0/s1. The quantitative estimate of drug-likeness (QED) is 0.727. The van der Waals surface area contributed by atoms with Gasteiger partial charge in [-0.3, -0.25) is 9.89 Å². The minimum atomic E-state index is -3.80. The third-order valence-electron chi connectivity index (χ3n) is 5.34. The fourth-order valence-electron chi connectivity index (χ4n) is 3.65. The molecule has 1 atom stereocenters. The number of benzene rings is 1. The van der Waals surface area contributed by atoms with E-state index in [0.29, 0.717) is 35.6 Å². The van der Waals surface area contributed by atoms with E-state index in [4.69, 9.17) is 0 Å². The van der Waals surface area contributed by atoms with Gasteiger partial charge in [-0.05, 0) is 51.0 Å². The lowest BCUT2D eigenvalue weighted by atomic mass is 10.0. The van der Waals surface area contributed by atoms with Gasteiger partial charge in [0.05, 0.1) is 16.6 Å². The molecule has 9 heteroatoms. The van der Waals surface area contributed by atoms with Gasteiger partial charge in [-0.2, -0.15) is 4.31 Å². The summed E-state index contributed by atoms with van der Waals surface area (Å²) in [4.78, 5) is 17.0. The molecule has 3 aromatic rings. The van der Waals surface area contributed by atoms with Crippen LogP contribution in [0.2, 0.25) is 0 Å². The Morgan fingerprint density at radius 1 is 1.18 bits per heavy atom. The maximum atomic E-state index is 13.2. The van der Waals surface area contributed by atoms with E-state index in [-0.39, 0.29) is 10.5 Å². The zero-order valence-electron chi connectivity index (χ0n) is 15.6. The average molecular weight is 404 g/mol. The van der Waals surface area contributed by atoms with E-state index in [9.17, 15) is 17.6 Å². The summed E-state index contributed by atoms with van der Waals surface area (Å²) in [5, 5.41) is 3.04. The van der Waals surface area contributed by atoms with Crippen LogP contribution in [0.25, 0.3) is 5.65 Å². The average Bonchev–Trinajstić information content (AvgIpc) is 3.10. The predicted octanol–water partition coefficient (Wildman–Crippen LogP) is 2.69. The summed E-state index contributed by atoms with van der Waals surface area (Å²) in [5.74, 6) is -0.485. The third-order valence-corrected chi connectivity index (χ3v) is 7.26. The molecule has 2 aromatic heterocycles. The zero-order valence-corrected chi connectivity index (χ0v) is 16.5. The summed E-state index contributed by atoms with van der Waals surface area (Å²) in [6.45, 7) is 3.85. The number of halogens is 1. The Kier molecular flexibility index (Phi) is 4.59. The van der Waals surface area contributed by atoms with E-state index in [0.717, 1.165) is 25.0 Å². The maximum absolute atomic E-state index is 13.2. The normalized spacial score (nSPS) is 18.6. The molecular formula is C19H21FN4O3S. The fourth-order valence-corrected chi connectivity index (χ4v) is 5.33. The van der Waals surface area contributed by atoms with Crippen molar-refractivity contribution in [1.82, 2.24) is 18.9 Å². The molecule has 0 radical (unpaired) electrons. The van der Waals surface area contributed by atoms with Crippen molar-refractivity contribution in [3.63, 3.8) is 0 Å². The summed E-state index contributed by atoms with van der Waals surface area (Å²) in [6.07, 6.45) is 2.24. The van der Waals surface area contributed by atoms with Crippen LogP contribution in [0.5, 0.6) is 0 Å². The Labute approximate surface area is 161 Å². The van der Waals surface area contributed by atoms with E-state index in [2.05, 4.69) is 10.1 Å². The van der Waals surface area contributed by atoms with Gasteiger partial charge in [-0.1, -0.05) is 6.42 Å². The summed E-state index contributed by atoms with van der Waals surface area (Å²) in [5.41, 5.74) is 2.09. The third kappa shape index (κ3) is 3.04. The molecule has 1 fully saturated rings. The smallest absolute Gasteiger partial charge is 0.275 e. The van der Waals surface area contributed by atoms with Crippen molar-refractivity contribution in [2.45, 2.75) is 44.0 Å². The first-order chi connectivity index (χ1) is 13.3. The molecule has 1 aliphatic heterocycles. The van der Waals surface area contributed by atoms with Gasteiger partial charge in [-0.25, -0.2) is 22.3 Å². The number of aromatic amines is 1. The SMILES string of the molecule is Cc1nc2cc([C@@H]3CCCCN3S(=O)(=O)c3ccc(F)cc3)[nH]n2c(=O)c1C. The van der Waals surface area contributed by atoms with Gasteiger partial charge >= 0.3 is 0 Å². The predicted molar refractivity (Wildman–Crippen MR) is 102 cm³/mol. The lowest BCUT2D eigenvalue weighted by Gasteiger charge is -2.34. The molecule has 1 saturated heterocycles. The van der Waals surface area contributed by atoms with Gasteiger partial charge in [-0.15, -0.1) is 0 Å². The van der Waals surface area contributed by atoms with Crippen LogP contribution in [-0.2, 0) is 10.0 Å². The highest BCUT2D eigenvalue weighted by atomic mass is 32.2. The summed E-state index contributed by atoms with van der Waals surface area (Å²) < 4.78 is 42.4. The number of aryl methyl sites for hydroxylation is 1. The van der Waals surface area contributed by atoms with Crippen molar-refractivity contribution in [2.75, 3.05) is 6.54 Å². The van der Waals surface area contributed by atoms with E-state index in [1.807, 2.05) is 0 Å². The lowest BCUT2D eigenvalue weighted by molar-refractivity contribution is 0.251. The van der Waals surface area contributed by atoms with Gasteiger partial charge in [0.2, 0.25) is 10.0 Å². The Morgan fingerprint density at radius 3 is 2.61 bits per heavy atom. The van der Waals surface area contributed by atoms with Gasteiger partial charge in [0, 0.05) is 23.9 Å². The molecule has 3 heterocycles. The van der Waals surface area contributed by atoms with Crippen molar-refractivity contribution >= 4 is 15.7 Å². The van der Waals surface area contributed by atoms with Crippen LogP contribution in [0.3, 0.4) is 0 Å². The van der Waals surface area contributed by atoms with Crippen LogP contribution in [0.15, 0.2) is 40.0 Å². The number of nitrogens with zero attached hydrogens (tertiary/aromatic N) is 3. The highest BCUT2D eigenvalue weighted by molar-refractivity contribution is 7.89. The molecule has 1 aliphatic rings. The Bertz CT molecular complexity index is 1200. The number of aromatic nitrogens is 3. The number of rotatable bonds is 3. The molecule has 0 saturated carbocycles. The highest BCUT2D eigenvalue weighted by Gasteiger charge is 2.35. The number of H-pyrrole nitrogens is 1. The first-order valence-corrected chi connectivity index (χ1v) is 10.6. The van der Waals surface area contributed by atoms with Crippen molar-refractivity contribution in [3.8, 4) is 0 Å². The van der Waals surface area contributed by atoms with Crippen molar-refractivity contribution in [1.29, 1.82) is 0 Å². The number of piperidine rings is 1. The van der Waals surface area contributed by atoms with Crippen LogP contribution in [-0.4, -0.2) is 33.9 Å².